The third-order valence-corrected chi connectivity index (χ3v) is 3.32. The average molecular weight is 258 g/mol. The Labute approximate surface area is 107 Å². The monoisotopic (exact) mass is 258 g/mol. The van der Waals surface area contributed by atoms with Crippen molar-refractivity contribution in [3.05, 3.63) is 16.1 Å². The third kappa shape index (κ3) is 5.59. The Bertz CT molecular complexity index is 328. The van der Waals surface area contributed by atoms with Crippen LogP contribution in [0.3, 0.4) is 0 Å². The van der Waals surface area contributed by atoms with Gasteiger partial charge in [0.25, 0.3) is 0 Å². The first-order valence-electron chi connectivity index (χ1n) is 5.86. The normalized spacial score (nSPS) is 13.6. The van der Waals surface area contributed by atoms with Gasteiger partial charge in [-0.2, -0.15) is 0 Å². The topological polar surface area (TPSA) is 45.6 Å². The summed E-state index contributed by atoms with van der Waals surface area (Å²) in [4.78, 5) is 7.56. The second kappa shape index (κ2) is 7.06. The molecular formula is C12H22N2O2S. The van der Waals surface area contributed by atoms with Crippen LogP contribution in [-0.4, -0.2) is 47.4 Å². The fourth-order valence-electron chi connectivity index (χ4n) is 1.50. The number of aliphatic hydroxyl groups excluding tert-OH is 1. The van der Waals surface area contributed by atoms with Crippen molar-refractivity contribution in [2.75, 3.05) is 20.2 Å². The highest BCUT2D eigenvalue weighted by molar-refractivity contribution is 7.09. The fraction of sp³-hybridized carbons (Fsp3) is 0.750. The van der Waals surface area contributed by atoms with Crippen molar-refractivity contribution in [2.45, 2.75) is 39.5 Å². The number of aryl methyl sites for hydroxylation is 1. The Morgan fingerprint density at radius 3 is 2.76 bits per heavy atom. The number of rotatable bonds is 7. The van der Waals surface area contributed by atoms with Crippen molar-refractivity contribution in [1.82, 2.24) is 9.88 Å². The first-order valence-corrected chi connectivity index (χ1v) is 6.74. The Hall–Kier alpha value is -0.490. The molecule has 1 aromatic heterocycles. The molecule has 0 aliphatic carbocycles. The van der Waals surface area contributed by atoms with Gasteiger partial charge in [0.15, 0.2) is 0 Å². The highest BCUT2D eigenvalue weighted by atomic mass is 32.1. The largest absolute Gasteiger partial charge is 0.389 e. The molecule has 0 amide bonds. The molecule has 0 saturated carbocycles. The summed E-state index contributed by atoms with van der Waals surface area (Å²) in [6, 6.07) is 0. The number of likely N-dealkylation sites (N-methyl/N-ethyl adjacent to an activating group) is 1. The zero-order valence-corrected chi connectivity index (χ0v) is 11.8. The van der Waals surface area contributed by atoms with E-state index in [0.717, 1.165) is 12.2 Å². The van der Waals surface area contributed by atoms with Gasteiger partial charge in [0.05, 0.1) is 30.0 Å². The van der Waals surface area contributed by atoms with Crippen LogP contribution in [0.2, 0.25) is 0 Å². The van der Waals surface area contributed by atoms with Gasteiger partial charge >= 0.3 is 0 Å². The molecule has 1 aromatic rings. The van der Waals surface area contributed by atoms with Gasteiger partial charge in [-0.3, -0.25) is 4.90 Å². The van der Waals surface area contributed by atoms with Gasteiger partial charge in [-0.15, -0.1) is 11.3 Å². The number of nitrogens with zero attached hydrogens (tertiary/aromatic N) is 2. The SMILES string of the molecule is Cc1ncsc1CN(C)CC(O)COC(C)C. The van der Waals surface area contributed by atoms with Gasteiger partial charge in [-0.25, -0.2) is 4.98 Å². The molecule has 0 spiro atoms. The number of hydrogen-bond acceptors (Lipinski definition) is 5. The molecule has 1 rings (SSSR count). The van der Waals surface area contributed by atoms with Gasteiger partial charge in [-0.05, 0) is 27.8 Å². The summed E-state index contributed by atoms with van der Waals surface area (Å²) in [5, 5.41) is 9.79. The van der Waals surface area contributed by atoms with Crippen LogP contribution in [0, 0.1) is 6.92 Å². The molecular weight excluding hydrogens is 236 g/mol. The van der Waals surface area contributed by atoms with Crippen LogP contribution in [-0.2, 0) is 11.3 Å². The lowest BCUT2D eigenvalue weighted by molar-refractivity contribution is -0.00627. The molecule has 1 unspecified atom stereocenters. The predicted octanol–water partition coefficient (Wildman–Crippen LogP) is 1.67. The molecule has 1 heterocycles. The second-order valence-corrected chi connectivity index (χ2v) is 5.53. The van der Waals surface area contributed by atoms with Crippen LogP contribution < -0.4 is 0 Å². The van der Waals surface area contributed by atoms with E-state index in [0.29, 0.717) is 13.2 Å². The number of aliphatic hydroxyl groups is 1. The van der Waals surface area contributed by atoms with Crippen LogP contribution in [0.25, 0.3) is 0 Å². The molecule has 1 N–H and O–H groups in total. The lowest BCUT2D eigenvalue weighted by Gasteiger charge is -2.20. The molecule has 98 valence electrons. The zero-order valence-electron chi connectivity index (χ0n) is 11.0. The van der Waals surface area contributed by atoms with E-state index in [9.17, 15) is 5.11 Å². The van der Waals surface area contributed by atoms with E-state index >= 15 is 0 Å². The summed E-state index contributed by atoms with van der Waals surface area (Å²) in [5.74, 6) is 0. The fourth-order valence-corrected chi connectivity index (χ4v) is 2.36. The van der Waals surface area contributed by atoms with E-state index in [1.807, 2.05) is 33.3 Å². The minimum atomic E-state index is -0.435. The molecule has 0 aliphatic rings. The highest BCUT2D eigenvalue weighted by Crippen LogP contribution is 2.14. The van der Waals surface area contributed by atoms with Crippen LogP contribution in [0.4, 0.5) is 0 Å². The predicted molar refractivity (Wildman–Crippen MR) is 70.3 cm³/mol. The van der Waals surface area contributed by atoms with E-state index in [1.54, 1.807) is 11.3 Å². The van der Waals surface area contributed by atoms with Gasteiger partial charge in [0.2, 0.25) is 0 Å². The van der Waals surface area contributed by atoms with E-state index in [2.05, 4.69) is 9.88 Å². The van der Waals surface area contributed by atoms with Crippen molar-refractivity contribution < 1.29 is 9.84 Å². The maximum absolute atomic E-state index is 9.79. The molecule has 17 heavy (non-hydrogen) atoms. The van der Waals surface area contributed by atoms with Crippen molar-refractivity contribution in [3.63, 3.8) is 0 Å². The molecule has 4 nitrogen and oxygen atoms in total. The quantitative estimate of drug-likeness (QED) is 0.808. The first kappa shape index (κ1) is 14.6. The van der Waals surface area contributed by atoms with Crippen LogP contribution in [0.15, 0.2) is 5.51 Å². The average Bonchev–Trinajstić information content (AvgIpc) is 2.61. The minimum Gasteiger partial charge on any atom is -0.389 e. The summed E-state index contributed by atoms with van der Waals surface area (Å²) >= 11 is 1.66. The van der Waals surface area contributed by atoms with Crippen molar-refractivity contribution in [1.29, 1.82) is 0 Å². The number of thiazole rings is 1. The van der Waals surface area contributed by atoms with E-state index in [1.165, 1.54) is 4.88 Å². The van der Waals surface area contributed by atoms with E-state index < -0.39 is 6.10 Å². The summed E-state index contributed by atoms with van der Waals surface area (Å²) < 4.78 is 5.38. The summed E-state index contributed by atoms with van der Waals surface area (Å²) in [5.41, 5.74) is 2.94. The summed E-state index contributed by atoms with van der Waals surface area (Å²) in [7, 11) is 2.00. The van der Waals surface area contributed by atoms with Gasteiger partial charge in [0, 0.05) is 18.0 Å². The standard InChI is InChI=1S/C12H22N2O2S/c1-9(2)16-7-11(15)5-14(4)6-12-10(3)13-8-17-12/h8-9,11,15H,5-7H2,1-4H3. The highest BCUT2D eigenvalue weighted by Gasteiger charge is 2.11. The van der Waals surface area contributed by atoms with Crippen molar-refractivity contribution in [2.24, 2.45) is 0 Å². The lowest BCUT2D eigenvalue weighted by atomic mass is 10.3. The maximum atomic E-state index is 9.79. The number of hydrogen-bond donors (Lipinski definition) is 1. The van der Waals surface area contributed by atoms with E-state index in [-0.39, 0.29) is 6.10 Å². The molecule has 5 heteroatoms. The van der Waals surface area contributed by atoms with Crippen LogP contribution in [0.1, 0.15) is 24.4 Å². The Morgan fingerprint density at radius 1 is 1.53 bits per heavy atom. The number of aromatic nitrogens is 1. The minimum absolute atomic E-state index is 0.165. The molecule has 0 fully saturated rings. The van der Waals surface area contributed by atoms with Crippen molar-refractivity contribution >= 4 is 11.3 Å². The third-order valence-electron chi connectivity index (χ3n) is 2.40. The van der Waals surface area contributed by atoms with Crippen LogP contribution >= 0.6 is 11.3 Å². The van der Waals surface area contributed by atoms with Crippen molar-refractivity contribution in [3.8, 4) is 0 Å². The maximum Gasteiger partial charge on any atom is 0.0900 e. The second-order valence-electron chi connectivity index (χ2n) is 4.59. The Balaban J connectivity index is 2.29. The lowest BCUT2D eigenvalue weighted by Crippen LogP contribution is -2.32. The zero-order chi connectivity index (χ0) is 12.8. The van der Waals surface area contributed by atoms with E-state index in [4.69, 9.17) is 4.74 Å². The van der Waals surface area contributed by atoms with Gasteiger partial charge in [0.1, 0.15) is 0 Å². The smallest absolute Gasteiger partial charge is 0.0900 e. The molecule has 0 saturated heterocycles. The molecule has 0 aromatic carbocycles. The Morgan fingerprint density at radius 2 is 2.24 bits per heavy atom. The summed E-state index contributed by atoms with van der Waals surface area (Å²) in [6.45, 7) is 7.79. The molecule has 0 radical (unpaired) electrons. The molecule has 0 bridgehead atoms. The molecule has 1 atom stereocenters. The Kier molecular flexibility index (Phi) is 6.05. The summed E-state index contributed by atoms with van der Waals surface area (Å²) in [6.07, 6.45) is -0.269. The van der Waals surface area contributed by atoms with Crippen LogP contribution in [0.5, 0.6) is 0 Å². The van der Waals surface area contributed by atoms with Gasteiger partial charge < -0.3 is 9.84 Å². The first-order chi connectivity index (χ1) is 7.99. The number of ether oxygens (including phenoxy) is 1. The van der Waals surface area contributed by atoms with Gasteiger partial charge in [-0.1, -0.05) is 0 Å². The molecule has 0 aliphatic heterocycles.